The fourth-order valence-electron chi connectivity index (χ4n) is 6.17. The van der Waals surface area contributed by atoms with Gasteiger partial charge in [0.2, 0.25) is 5.88 Å². The molecule has 190 valence electrons. The van der Waals surface area contributed by atoms with E-state index in [0.717, 1.165) is 6.54 Å². The van der Waals surface area contributed by atoms with E-state index in [9.17, 15) is 14.7 Å². The molecule has 1 aromatic carbocycles. The molecule has 7 nitrogen and oxygen atoms in total. The van der Waals surface area contributed by atoms with Gasteiger partial charge < -0.3 is 15.3 Å². The molecule has 3 aromatic rings. The van der Waals surface area contributed by atoms with Crippen molar-refractivity contribution in [2.75, 3.05) is 19.6 Å². The largest absolute Gasteiger partial charge is 0.493 e. The van der Waals surface area contributed by atoms with Crippen molar-refractivity contribution in [2.24, 2.45) is 0 Å². The van der Waals surface area contributed by atoms with Crippen LogP contribution in [0.1, 0.15) is 71.9 Å². The molecule has 3 aliphatic rings. The summed E-state index contributed by atoms with van der Waals surface area (Å²) < 4.78 is 3.47. The Balaban J connectivity index is 1.22. The maximum absolute atomic E-state index is 13.2. The Labute approximate surface area is 219 Å². The predicted octanol–water partition coefficient (Wildman–Crippen LogP) is 4.84. The van der Waals surface area contributed by atoms with Crippen LogP contribution in [0.3, 0.4) is 0 Å². The van der Waals surface area contributed by atoms with Crippen molar-refractivity contribution in [1.29, 1.82) is 0 Å². The monoisotopic (exact) mass is 526 g/mol. The predicted molar refractivity (Wildman–Crippen MR) is 142 cm³/mol. The van der Waals surface area contributed by atoms with Gasteiger partial charge in [-0.1, -0.05) is 30.2 Å². The highest BCUT2D eigenvalue weighted by Crippen LogP contribution is 2.47. The molecular formula is C27H31ClN4O3S. The number of aromatic nitrogens is 2. The van der Waals surface area contributed by atoms with Gasteiger partial charge >= 0.3 is 5.69 Å². The SMILES string of the molecule is O=C(N[C@@H]1CCn2c1c(O)n(-c1ccc(C3(CCN4CCCC4)CCC3)cc1)c2=O)c1ccc(Cl)s1. The molecule has 0 unspecified atom stereocenters. The second-order valence-electron chi connectivity index (χ2n) is 10.4. The summed E-state index contributed by atoms with van der Waals surface area (Å²) in [5.74, 6) is -0.360. The summed E-state index contributed by atoms with van der Waals surface area (Å²) in [4.78, 5) is 29.0. The molecule has 36 heavy (non-hydrogen) atoms. The van der Waals surface area contributed by atoms with Crippen LogP contribution < -0.4 is 11.0 Å². The number of benzene rings is 1. The zero-order valence-electron chi connectivity index (χ0n) is 20.2. The third-order valence-corrected chi connectivity index (χ3v) is 9.61. The second-order valence-corrected chi connectivity index (χ2v) is 12.1. The van der Waals surface area contributed by atoms with Gasteiger partial charge in [-0.2, -0.15) is 0 Å². The molecule has 0 bridgehead atoms. The Morgan fingerprint density at radius 3 is 2.47 bits per heavy atom. The van der Waals surface area contributed by atoms with Crippen LogP contribution in [0.2, 0.25) is 4.34 Å². The molecular weight excluding hydrogens is 496 g/mol. The molecule has 1 amide bonds. The van der Waals surface area contributed by atoms with E-state index >= 15 is 0 Å². The quantitative estimate of drug-likeness (QED) is 0.461. The molecule has 1 atom stereocenters. The van der Waals surface area contributed by atoms with E-state index in [0.29, 0.717) is 33.6 Å². The number of amides is 1. The van der Waals surface area contributed by atoms with Crippen molar-refractivity contribution in [3.05, 3.63) is 67.4 Å². The van der Waals surface area contributed by atoms with Crippen molar-refractivity contribution in [3.63, 3.8) is 0 Å². The van der Waals surface area contributed by atoms with Crippen LogP contribution in [0.15, 0.2) is 41.2 Å². The molecule has 2 aliphatic heterocycles. The molecule has 2 aromatic heterocycles. The first-order valence-electron chi connectivity index (χ1n) is 12.9. The lowest BCUT2D eigenvalue weighted by atomic mass is 9.62. The number of halogens is 1. The minimum absolute atomic E-state index is 0.104. The van der Waals surface area contributed by atoms with Crippen molar-refractivity contribution in [2.45, 2.75) is 62.9 Å². The molecule has 1 saturated heterocycles. The van der Waals surface area contributed by atoms with Crippen LogP contribution in [0.4, 0.5) is 0 Å². The number of likely N-dealkylation sites (tertiary alicyclic amines) is 1. The minimum atomic E-state index is -0.435. The van der Waals surface area contributed by atoms with E-state index in [1.54, 1.807) is 16.7 Å². The molecule has 4 heterocycles. The lowest BCUT2D eigenvalue weighted by Crippen LogP contribution is -2.38. The molecule has 0 spiro atoms. The summed E-state index contributed by atoms with van der Waals surface area (Å²) >= 11 is 7.17. The van der Waals surface area contributed by atoms with E-state index in [4.69, 9.17) is 11.6 Å². The van der Waals surface area contributed by atoms with E-state index in [1.807, 2.05) is 12.1 Å². The first-order valence-corrected chi connectivity index (χ1v) is 14.1. The van der Waals surface area contributed by atoms with Gasteiger partial charge in [0.15, 0.2) is 0 Å². The summed E-state index contributed by atoms with van der Waals surface area (Å²) in [5.41, 5.74) is 2.39. The lowest BCUT2D eigenvalue weighted by molar-refractivity contribution is 0.0940. The van der Waals surface area contributed by atoms with Crippen LogP contribution in [0.5, 0.6) is 5.88 Å². The Kier molecular flexibility index (Phi) is 6.22. The second kappa shape index (κ2) is 9.39. The van der Waals surface area contributed by atoms with Crippen LogP contribution in [0, 0.1) is 0 Å². The van der Waals surface area contributed by atoms with E-state index in [-0.39, 0.29) is 22.9 Å². The van der Waals surface area contributed by atoms with Gasteiger partial charge in [-0.25, -0.2) is 9.36 Å². The van der Waals surface area contributed by atoms with Crippen molar-refractivity contribution in [1.82, 2.24) is 19.4 Å². The minimum Gasteiger partial charge on any atom is -0.493 e. The average Bonchev–Trinajstić information content (AvgIpc) is 3.63. The summed E-state index contributed by atoms with van der Waals surface area (Å²) in [6.45, 7) is 4.04. The van der Waals surface area contributed by atoms with Gasteiger partial charge in [0, 0.05) is 6.54 Å². The number of hydrogen-bond acceptors (Lipinski definition) is 5. The fourth-order valence-corrected chi connectivity index (χ4v) is 7.12. The molecule has 9 heteroatoms. The first kappa shape index (κ1) is 23.8. The van der Waals surface area contributed by atoms with Crippen LogP contribution in [-0.4, -0.2) is 44.7 Å². The van der Waals surface area contributed by atoms with Crippen LogP contribution in [-0.2, 0) is 12.0 Å². The van der Waals surface area contributed by atoms with Gasteiger partial charge in [-0.05, 0) is 93.4 Å². The molecule has 2 N–H and O–H groups in total. The number of carbonyl (C=O) groups excluding carboxylic acids is 1. The van der Waals surface area contributed by atoms with Gasteiger partial charge in [0.05, 0.1) is 20.9 Å². The molecule has 1 saturated carbocycles. The number of imidazole rings is 1. The summed E-state index contributed by atoms with van der Waals surface area (Å²) in [5, 5.41) is 14.1. The Morgan fingerprint density at radius 2 is 1.83 bits per heavy atom. The van der Waals surface area contributed by atoms with Gasteiger partial charge in [-0.15, -0.1) is 11.3 Å². The third kappa shape index (κ3) is 4.09. The maximum Gasteiger partial charge on any atom is 0.335 e. The number of nitrogens with zero attached hydrogens (tertiary/aromatic N) is 3. The zero-order valence-corrected chi connectivity index (χ0v) is 21.8. The lowest BCUT2D eigenvalue weighted by Gasteiger charge is -2.43. The topological polar surface area (TPSA) is 79.5 Å². The number of rotatable bonds is 7. The van der Waals surface area contributed by atoms with Gasteiger partial charge in [0.25, 0.3) is 5.91 Å². The fraction of sp³-hybridized carbons (Fsp3) is 0.481. The highest BCUT2D eigenvalue weighted by atomic mass is 35.5. The molecule has 0 radical (unpaired) electrons. The molecule has 1 aliphatic carbocycles. The Hall–Kier alpha value is -2.55. The summed E-state index contributed by atoms with van der Waals surface area (Å²) in [6, 6.07) is 11.1. The van der Waals surface area contributed by atoms with E-state index in [2.05, 4.69) is 22.3 Å². The number of fused-ring (bicyclic) bond motifs is 1. The molecule has 6 rings (SSSR count). The van der Waals surface area contributed by atoms with Crippen LogP contribution in [0.25, 0.3) is 5.69 Å². The smallest absolute Gasteiger partial charge is 0.335 e. The highest BCUT2D eigenvalue weighted by molar-refractivity contribution is 7.18. The summed E-state index contributed by atoms with van der Waals surface area (Å²) in [7, 11) is 0. The van der Waals surface area contributed by atoms with Crippen molar-refractivity contribution >= 4 is 28.8 Å². The standard InChI is InChI=1S/C27H31ClN4O3S/c28-22-9-8-21(36-22)24(33)29-20-10-16-31-23(20)25(34)32(26(31)35)19-6-4-18(5-7-19)27(11-3-12-27)13-17-30-14-1-2-15-30/h4-9,20,34H,1-3,10-17H2,(H,29,33)/t20-/m1/s1. The number of aromatic hydroxyl groups is 1. The van der Waals surface area contributed by atoms with Crippen molar-refractivity contribution < 1.29 is 9.90 Å². The average molecular weight is 527 g/mol. The highest BCUT2D eigenvalue weighted by Gasteiger charge is 2.39. The summed E-state index contributed by atoms with van der Waals surface area (Å²) in [6.07, 6.45) is 8.05. The number of nitrogens with one attached hydrogen (secondary N) is 1. The number of hydrogen-bond donors (Lipinski definition) is 2. The normalized spacial score (nSPS) is 20.9. The zero-order chi connectivity index (χ0) is 24.9. The van der Waals surface area contributed by atoms with Gasteiger partial charge in [0.1, 0.15) is 5.69 Å². The Morgan fingerprint density at radius 1 is 1.08 bits per heavy atom. The van der Waals surface area contributed by atoms with Crippen molar-refractivity contribution in [3.8, 4) is 11.6 Å². The molecule has 2 fully saturated rings. The number of thiophene rings is 1. The Bertz CT molecular complexity index is 1330. The van der Waals surface area contributed by atoms with Gasteiger partial charge in [-0.3, -0.25) is 9.36 Å². The van der Waals surface area contributed by atoms with Crippen LogP contribution >= 0.6 is 22.9 Å². The van der Waals surface area contributed by atoms with E-state index in [1.165, 1.54) is 73.1 Å². The third-order valence-electron chi connectivity index (χ3n) is 8.38. The first-order chi connectivity index (χ1) is 17.4. The number of carbonyl (C=O) groups is 1. The van der Waals surface area contributed by atoms with E-state index < -0.39 is 6.04 Å². The maximum atomic E-state index is 13.2.